The number of halogens is 3. The van der Waals surface area contributed by atoms with Gasteiger partial charge in [0.05, 0.1) is 0 Å². The van der Waals surface area contributed by atoms with Crippen molar-refractivity contribution in [2.24, 2.45) is 0 Å². The first kappa shape index (κ1) is 7.84. The summed E-state index contributed by atoms with van der Waals surface area (Å²) in [6.45, 7) is 0. The molecule has 60 valence electrons. The summed E-state index contributed by atoms with van der Waals surface area (Å²) in [4.78, 5) is 2.57. The molecule has 1 heterocycles. The molecule has 0 aromatic carbocycles. The Morgan fingerprint density at radius 3 is 2.18 bits per heavy atom. The molecule has 0 aliphatic carbocycles. The summed E-state index contributed by atoms with van der Waals surface area (Å²) in [5, 5.41) is 0. The van der Waals surface area contributed by atoms with E-state index in [2.05, 4.69) is 9.72 Å². The SMILES string of the molecule is FC(F)(F)Oc1cc[nH+]cc1. The van der Waals surface area contributed by atoms with E-state index in [4.69, 9.17) is 0 Å². The minimum absolute atomic E-state index is 0.226. The number of pyridine rings is 1. The minimum Gasteiger partial charge on any atom is -0.405 e. The lowest BCUT2D eigenvalue weighted by molar-refractivity contribution is -0.378. The normalized spacial score (nSPS) is 11.2. The van der Waals surface area contributed by atoms with E-state index in [0.29, 0.717) is 0 Å². The fraction of sp³-hybridized carbons (Fsp3) is 0.167. The average molecular weight is 164 g/mol. The maximum absolute atomic E-state index is 11.5. The van der Waals surface area contributed by atoms with Gasteiger partial charge in [-0.25, -0.2) is 4.98 Å². The van der Waals surface area contributed by atoms with Crippen LogP contribution in [0.3, 0.4) is 0 Å². The van der Waals surface area contributed by atoms with Gasteiger partial charge in [-0.1, -0.05) is 0 Å². The Kier molecular flexibility index (Phi) is 1.98. The largest absolute Gasteiger partial charge is 0.573 e. The summed E-state index contributed by atoms with van der Waals surface area (Å²) >= 11 is 0. The zero-order chi connectivity index (χ0) is 8.32. The fourth-order valence-corrected chi connectivity index (χ4v) is 0.573. The number of ether oxygens (including phenoxy) is 1. The van der Waals surface area contributed by atoms with Crippen LogP contribution in [-0.2, 0) is 0 Å². The van der Waals surface area contributed by atoms with Crippen molar-refractivity contribution in [1.29, 1.82) is 0 Å². The van der Waals surface area contributed by atoms with Crippen LogP contribution in [0.25, 0.3) is 0 Å². The molecule has 0 saturated heterocycles. The Bertz CT molecular complexity index is 221. The number of nitrogens with one attached hydrogen (secondary N) is 1. The highest BCUT2D eigenvalue weighted by Gasteiger charge is 2.31. The molecule has 1 aromatic heterocycles. The van der Waals surface area contributed by atoms with Gasteiger partial charge in [0.2, 0.25) is 0 Å². The Morgan fingerprint density at radius 2 is 1.73 bits per heavy atom. The molecule has 0 spiro atoms. The molecule has 0 bridgehead atoms. The molecule has 0 saturated carbocycles. The number of hydrogen-bond donors (Lipinski definition) is 0. The van der Waals surface area contributed by atoms with Crippen molar-refractivity contribution >= 4 is 0 Å². The molecule has 0 radical (unpaired) electrons. The maximum Gasteiger partial charge on any atom is 0.573 e. The van der Waals surface area contributed by atoms with Crippen molar-refractivity contribution in [3.8, 4) is 5.75 Å². The fourth-order valence-electron chi connectivity index (χ4n) is 0.573. The molecule has 5 heteroatoms. The lowest BCUT2D eigenvalue weighted by Crippen LogP contribution is -2.17. The van der Waals surface area contributed by atoms with Crippen LogP contribution in [0.1, 0.15) is 0 Å². The van der Waals surface area contributed by atoms with Crippen LogP contribution in [0.2, 0.25) is 0 Å². The lowest BCUT2D eigenvalue weighted by atomic mass is 10.5. The summed E-state index contributed by atoms with van der Waals surface area (Å²) < 4.78 is 38.1. The van der Waals surface area contributed by atoms with Crippen LogP contribution in [-0.4, -0.2) is 6.36 Å². The monoisotopic (exact) mass is 164 g/mol. The zero-order valence-corrected chi connectivity index (χ0v) is 5.35. The lowest BCUT2D eigenvalue weighted by Gasteiger charge is -2.06. The number of alkyl halides is 3. The standard InChI is InChI=1S/C6H4F3NO/c7-6(8,9)11-5-1-3-10-4-2-5/h1-4H/p+1. The molecule has 1 aromatic rings. The van der Waals surface area contributed by atoms with Gasteiger partial charge < -0.3 is 4.74 Å². The Hall–Kier alpha value is -1.26. The molecule has 0 aliphatic rings. The predicted molar refractivity (Wildman–Crippen MR) is 29.7 cm³/mol. The molecule has 11 heavy (non-hydrogen) atoms. The average Bonchev–Trinajstić information content (AvgIpc) is 1.85. The van der Waals surface area contributed by atoms with Crippen LogP contribution < -0.4 is 9.72 Å². The number of aromatic nitrogens is 1. The van der Waals surface area contributed by atoms with Crippen molar-refractivity contribution in [2.75, 3.05) is 0 Å². The molecule has 2 nitrogen and oxygen atoms in total. The third kappa shape index (κ3) is 2.88. The number of H-pyrrole nitrogens is 1. The maximum atomic E-state index is 11.5. The van der Waals surface area contributed by atoms with Crippen LogP contribution >= 0.6 is 0 Å². The van der Waals surface area contributed by atoms with Gasteiger partial charge in [-0.2, -0.15) is 0 Å². The summed E-state index contributed by atoms with van der Waals surface area (Å²) in [7, 11) is 0. The van der Waals surface area contributed by atoms with Gasteiger partial charge in [-0.05, 0) is 0 Å². The van der Waals surface area contributed by atoms with E-state index in [-0.39, 0.29) is 5.75 Å². The van der Waals surface area contributed by atoms with Gasteiger partial charge in [0.25, 0.3) is 0 Å². The molecule has 0 atom stereocenters. The second kappa shape index (κ2) is 2.77. The van der Waals surface area contributed by atoms with Crippen molar-refractivity contribution in [1.82, 2.24) is 0 Å². The summed E-state index contributed by atoms with van der Waals surface area (Å²) in [6.07, 6.45) is -1.91. The van der Waals surface area contributed by atoms with Crippen LogP contribution in [0, 0.1) is 0 Å². The number of hydrogen-bond acceptors (Lipinski definition) is 1. The highest BCUT2D eigenvalue weighted by molar-refractivity contribution is 5.14. The Labute approximate surface area is 60.6 Å². The van der Waals surface area contributed by atoms with Crippen molar-refractivity contribution in [3.05, 3.63) is 24.5 Å². The van der Waals surface area contributed by atoms with Crippen molar-refractivity contribution < 1.29 is 22.9 Å². The predicted octanol–water partition coefficient (Wildman–Crippen LogP) is 1.40. The first-order valence-corrected chi connectivity index (χ1v) is 2.80. The Morgan fingerprint density at radius 1 is 1.18 bits per heavy atom. The quantitative estimate of drug-likeness (QED) is 0.615. The van der Waals surface area contributed by atoms with Gasteiger partial charge in [-0.3, -0.25) is 0 Å². The summed E-state index contributed by atoms with van der Waals surface area (Å²) in [5.74, 6) is -0.226. The van der Waals surface area contributed by atoms with Gasteiger partial charge >= 0.3 is 6.36 Å². The van der Waals surface area contributed by atoms with E-state index >= 15 is 0 Å². The molecule has 0 amide bonds. The van der Waals surface area contributed by atoms with Crippen molar-refractivity contribution in [3.63, 3.8) is 0 Å². The first-order valence-electron chi connectivity index (χ1n) is 2.80. The third-order valence-electron chi connectivity index (χ3n) is 0.921. The molecule has 1 N–H and O–H groups in total. The van der Waals surface area contributed by atoms with Crippen molar-refractivity contribution in [2.45, 2.75) is 6.36 Å². The van der Waals surface area contributed by atoms with Gasteiger partial charge in [-0.15, -0.1) is 13.2 Å². The number of aromatic amines is 1. The molecule has 0 aliphatic heterocycles. The molecule has 0 fully saturated rings. The van der Waals surface area contributed by atoms with Crippen LogP contribution in [0.4, 0.5) is 13.2 Å². The van der Waals surface area contributed by atoms with E-state index in [1.807, 2.05) is 0 Å². The first-order chi connectivity index (χ1) is 5.08. The van der Waals surface area contributed by atoms with E-state index in [1.54, 1.807) is 0 Å². The second-order valence-corrected chi connectivity index (χ2v) is 1.78. The van der Waals surface area contributed by atoms with Gasteiger partial charge in [0, 0.05) is 12.1 Å². The van der Waals surface area contributed by atoms with E-state index in [1.165, 1.54) is 24.5 Å². The van der Waals surface area contributed by atoms with E-state index in [0.717, 1.165) is 0 Å². The smallest absolute Gasteiger partial charge is 0.405 e. The van der Waals surface area contributed by atoms with E-state index in [9.17, 15) is 13.2 Å². The van der Waals surface area contributed by atoms with Crippen LogP contribution in [0.5, 0.6) is 5.75 Å². The van der Waals surface area contributed by atoms with E-state index < -0.39 is 6.36 Å². The molecular weight excluding hydrogens is 159 g/mol. The summed E-state index contributed by atoms with van der Waals surface area (Å²) in [6, 6.07) is 2.38. The zero-order valence-electron chi connectivity index (χ0n) is 5.35. The summed E-state index contributed by atoms with van der Waals surface area (Å²) in [5.41, 5.74) is 0. The second-order valence-electron chi connectivity index (χ2n) is 1.78. The van der Waals surface area contributed by atoms with Crippen LogP contribution in [0.15, 0.2) is 24.5 Å². The molecule has 1 rings (SSSR count). The minimum atomic E-state index is -4.61. The topological polar surface area (TPSA) is 23.4 Å². The number of rotatable bonds is 1. The Balaban J connectivity index is 2.66. The van der Waals surface area contributed by atoms with Gasteiger partial charge in [0.1, 0.15) is 5.75 Å². The van der Waals surface area contributed by atoms with Gasteiger partial charge in [0.15, 0.2) is 12.4 Å². The molecule has 0 unspecified atom stereocenters. The highest BCUT2D eigenvalue weighted by atomic mass is 19.4. The third-order valence-corrected chi connectivity index (χ3v) is 0.921. The highest BCUT2D eigenvalue weighted by Crippen LogP contribution is 2.20. The molecular formula is C6H5F3NO+.